The van der Waals surface area contributed by atoms with Gasteiger partial charge in [0.2, 0.25) is 15.9 Å². The van der Waals surface area contributed by atoms with Gasteiger partial charge in [-0.05, 0) is 26.2 Å². The number of nitrogens with one attached hydrogen (secondary N) is 2. The highest BCUT2D eigenvalue weighted by Crippen LogP contribution is 2.23. The maximum absolute atomic E-state index is 12.6. The van der Waals surface area contributed by atoms with Gasteiger partial charge in [0.05, 0.1) is 12.7 Å². The number of aromatic nitrogens is 2. The van der Waals surface area contributed by atoms with Crippen LogP contribution in [0.3, 0.4) is 0 Å². The Balaban J connectivity index is 2.13. The molecule has 140 valence electrons. The normalized spacial score (nSPS) is 20.9. The van der Waals surface area contributed by atoms with Crippen molar-refractivity contribution in [3.63, 3.8) is 0 Å². The summed E-state index contributed by atoms with van der Waals surface area (Å²) in [5.74, 6) is 0.414. The predicted octanol–water partition coefficient (Wildman–Crippen LogP) is 0.106. The maximum atomic E-state index is 12.6. The van der Waals surface area contributed by atoms with E-state index in [-0.39, 0.29) is 29.8 Å². The summed E-state index contributed by atoms with van der Waals surface area (Å²) in [6.07, 6.45) is 2.85. The van der Waals surface area contributed by atoms with Crippen molar-refractivity contribution in [2.75, 3.05) is 19.3 Å². The second kappa shape index (κ2) is 7.65. The molecule has 1 aromatic heterocycles. The lowest BCUT2D eigenvalue weighted by Crippen LogP contribution is -2.40. The monoisotopic (exact) mass is 370 g/mol. The highest BCUT2D eigenvalue weighted by molar-refractivity contribution is 7.88. The first-order valence-electron chi connectivity index (χ1n) is 8.42. The maximum Gasteiger partial charge on any atom is 0.254 e. The van der Waals surface area contributed by atoms with Gasteiger partial charge in [-0.25, -0.2) is 18.1 Å². The molecule has 0 unspecified atom stereocenters. The molecule has 1 aliphatic rings. The van der Waals surface area contributed by atoms with Crippen molar-refractivity contribution in [3.05, 3.63) is 27.4 Å². The van der Waals surface area contributed by atoms with Gasteiger partial charge < -0.3 is 9.88 Å². The van der Waals surface area contributed by atoms with E-state index in [1.807, 2.05) is 6.92 Å². The third-order valence-electron chi connectivity index (χ3n) is 4.49. The number of carbonyl (C=O) groups excluding carboxylic acids is 1. The van der Waals surface area contributed by atoms with Crippen molar-refractivity contribution >= 4 is 15.9 Å². The molecule has 2 heterocycles. The standard InChI is InChI=1S/C16H26N4O4S/c1-5-6-12-8-20(9-14(12)19-25(4,23)24)15(21)7-13-10(2)17-11(3)18-16(13)22/h12,14,19H,5-9H2,1-4H3,(H,17,18,22)/t12-,14-/m1/s1. The zero-order chi connectivity index (χ0) is 18.8. The smallest absolute Gasteiger partial charge is 0.254 e. The summed E-state index contributed by atoms with van der Waals surface area (Å²) in [6, 6.07) is -0.283. The predicted molar refractivity (Wildman–Crippen MR) is 94.8 cm³/mol. The van der Waals surface area contributed by atoms with E-state index in [0.29, 0.717) is 30.2 Å². The Morgan fingerprint density at radius 3 is 2.60 bits per heavy atom. The molecule has 1 amide bonds. The topological polar surface area (TPSA) is 112 Å². The summed E-state index contributed by atoms with van der Waals surface area (Å²) in [5.41, 5.74) is 0.611. The van der Waals surface area contributed by atoms with Crippen molar-refractivity contribution in [2.24, 2.45) is 5.92 Å². The second-order valence-corrected chi connectivity index (χ2v) is 8.52. The van der Waals surface area contributed by atoms with Gasteiger partial charge in [-0.3, -0.25) is 9.59 Å². The SMILES string of the molecule is CCC[C@@H]1CN(C(=O)Cc2c(C)nc(C)[nH]c2=O)C[C@H]1NS(C)(=O)=O. The average molecular weight is 370 g/mol. The Kier molecular flexibility index (Phi) is 5.99. The number of aryl methyl sites for hydroxylation is 2. The Bertz CT molecular complexity index is 803. The van der Waals surface area contributed by atoms with E-state index < -0.39 is 10.0 Å². The Morgan fingerprint density at radius 1 is 1.36 bits per heavy atom. The van der Waals surface area contributed by atoms with E-state index in [9.17, 15) is 18.0 Å². The van der Waals surface area contributed by atoms with E-state index in [1.165, 1.54) is 0 Å². The highest BCUT2D eigenvalue weighted by Gasteiger charge is 2.36. The number of hydrogen-bond donors (Lipinski definition) is 2. The van der Waals surface area contributed by atoms with Crippen LogP contribution in [-0.2, 0) is 21.2 Å². The van der Waals surface area contributed by atoms with Crippen LogP contribution in [0.5, 0.6) is 0 Å². The number of rotatable bonds is 6. The zero-order valence-corrected chi connectivity index (χ0v) is 15.9. The van der Waals surface area contributed by atoms with Gasteiger partial charge in [0.1, 0.15) is 5.82 Å². The summed E-state index contributed by atoms with van der Waals surface area (Å²) in [7, 11) is -3.34. The van der Waals surface area contributed by atoms with Crippen LogP contribution >= 0.6 is 0 Å². The molecule has 8 nitrogen and oxygen atoms in total. The Morgan fingerprint density at radius 2 is 2.04 bits per heavy atom. The first-order valence-corrected chi connectivity index (χ1v) is 10.3. The highest BCUT2D eigenvalue weighted by atomic mass is 32.2. The minimum absolute atomic E-state index is 0.0289. The lowest BCUT2D eigenvalue weighted by Gasteiger charge is -2.17. The van der Waals surface area contributed by atoms with Crippen molar-refractivity contribution in [1.29, 1.82) is 0 Å². The summed E-state index contributed by atoms with van der Waals surface area (Å²) < 4.78 is 25.7. The van der Waals surface area contributed by atoms with Crippen molar-refractivity contribution < 1.29 is 13.2 Å². The molecule has 1 aliphatic heterocycles. The largest absolute Gasteiger partial charge is 0.340 e. The van der Waals surface area contributed by atoms with Gasteiger partial charge in [0.25, 0.3) is 5.56 Å². The van der Waals surface area contributed by atoms with Crippen molar-refractivity contribution in [1.82, 2.24) is 19.6 Å². The number of likely N-dealkylation sites (tertiary alicyclic amines) is 1. The minimum Gasteiger partial charge on any atom is -0.340 e. The Labute approximate surface area is 148 Å². The molecule has 0 saturated carbocycles. The fraction of sp³-hybridized carbons (Fsp3) is 0.688. The molecule has 0 bridgehead atoms. The number of nitrogens with zero attached hydrogens (tertiary/aromatic N) is 2. The van der Waals surface area contributed by atoms with Crippen LogP contribution in [0.15, 0.2) is 4.79 Å². The molecule has 1 fully saturated rings. The molecule has 0 aromatic carbocycles. The van der Waals surface area contributed by atoms with Crippen LogP contribution in [0.25, 0.3) is 0 Å². The molecular weight excluding hydrogens is 344 g/mol. The van der Waals surface area contributed by atoms with Crippen LogP contribution in [0, 0.1) is 19.8 Å². The van der Waals surface area contributed by atoms with Crippen LogP contribution in [0.1, 0.15) is 36.8 Å². The molecule has 2 rings (SSSR count). The summed E-state index contributed by atoms with van der Waals surface area (Å²) in [4.78, 5) is 33.2. The van der Waals surface area contributed by atoms with Crippen LogP contribution < -0.4 is 10.3 Å². The van der Waals surface area contributed by atoms with Gasteiger partial charge in [-0.2, -0.15) is 0 Å². The number of hydrogen-bond acceptors (Lipinski definition) is 5. The third-order valence-corrected chi connectivity index (χ3v) is 5.22. The molecule has 0 radical (unpaired) electrons. The zero-order valence-electron chi connectivity index (χ0n) is 15.1. The van der Waals surface area contributed by atoms with E-state index in [4.69, 9.17) is 0 Å². The number of H-pyrrole nitrogens is 1. The molecule has 1 saturated heterocycles. The van der Waals surface area contributed by atoms with E-state index in [1.54, 1.807) is 18.7 Å². The van der Waals surface area contributed by atoms with E-state index in [0.717, 1.165) is 19.1 Å². The van der Waals surface area contributed by atoms with Crippen molar-refractivity contribution in [2.45, 2.75) is 46.1 Å². The fourth-order valence-electron chi connectivity index (χ4n) is 3.37. The van der Waals surface area contributed by atoms with Gasteiger partial charge >= 0.3 is 0 Å². The summed E-state index contributed by atoms with van der Waals surface area (Å²) in [6.45, 7) is 6.26. The molecule has 25 heavy (non-hydrogen) atoms. The lowest BCUT2D eigenvalue weighted by molar-refractivity contribution is -0.129. The van der Waals surface area contributed by atoms with E-state index in [2.05, 4.69) is 14.7 Å². The van der Waals surface area contributed by atoms with Crippen LogP contribution in [0.4, 0.5) is 0 Å². The van der Waals surface area contributed by atoms with Gasteiger partial charge in [-0.15, -0.1) is 0 Å². The van der Waals surface area contributed by atoms with Crippen molar-refractivity contribution in [3.8, 4) is 0 Å². The van der Waals surface area contributed by atoms with E-state index >= 15 is 0 Å². The molecular formula is C16H26N4O4S. The number of carbonyl (C=O) groups is 1. The van der Waals surface area contributed by atoms with Gasteiger partial charge in [-0.1, -0.05) is 13.3 Å². The van der Waals surface area contributed by atoms with Gasteiger partial charge in [0.15, 0.2) is 0 Å². The van der Waals surface area contributed by atoms with Gasteiger partial charge in [0, 0.05) is 30.4 Å². The quantitative estimate of drug-likeness (QED) is 0.738. The first-order chi connectivity index (χ1) is 11.6. The number of sulfonamides is 1. The molecule has 2 atom stereocenters. The molecule has 9 heteroatoms. The average Bonchev–Trinajstić information content (AvgIpc) is 2.84. The van der Waals surface area contributed by atoms with Crippen LogP contribution in [0.2, 0.25) is 0 Å². The summed E-state index contributed by atoms with van der Waals surface area (Å²) >= 11 is 0. The number of amides is 1. The third kappa shape index (κ3) is 5.12. The number of aromatic amines is 1. The molecule has 1 aromatic rings. The molecule has 0 spiro atoms. The fourth-order valence-corrected chi connectivity index (χ4v) is 4.19. The summed E-state index contributed by atoms with van der Waals surface area (Å²) in [5, 5.41) is 0. The lowest BCUT2D eigenvalue weighted by atomic mass is 9.99. The molecule has 2 N–H and O–H groups in total. The minimum atomic E-state index is -3.34. The second-order valence-electron chi connectivity index (χ2n) is 6.74. The first kappa shape index (κ1) is 19.6. The molecule has 0 aliphatic carbocycles. The van der Waals surface area contributed by atoms with Crippen LogP contribution in [-0.4, -0.2) is 54.6 Å². The Hall–Kier alpha value is -1.74.